The van der Waals surface area contributed by atoms with Crippen LogP contribution in [0, 0.1) is 12.7 Å². The number of fused-ring (bicyclic) bond motifs is 2. The molecule has 180 valence electrons. The minimum absolute atomic E-state index is 0.128. The first-order valence-electron chi connectivity index (χ1n) is 12.2. The third kappa shape index (κ3) is 4.26. The molecule has 2 aromatic carbocycles. The summed E-state index contributed by atoms with van der Waals surface area (Å²) < 4.78 is 15.2. The molecule has 0 bridgehead atoms. The molecule has 2 unspecified atom stereocenters. The lowest BCUT2D eigenvalue weighted by Gasteiger charge is -2.41. The van der Waals surface area contributed by atoms with E-state index in [1.807, 2.05) is 25.1 Å². The largest absolute Gasteiger partial charge is 0.322 e. The maximum absolute atomic E-state index is 13.4. The van der Waals surface area contributed by atoms with Crippen LogP contribution in [0.1, 0.15) is 41.4 Å². The standard InChI is InChI=1S/C26H28FN7O/c1-17-4-9-23-19(13-17)14-22(26(35)28-23)24(33-12-11-32-10-2-3-21(32)16-33)25-29-30-31-34(25)15-18-5-7-20(27)8-6-18/h4-9,13-14,21,24H,2-3,10-12,15-16H2,1H3,(H,28,35). The van der Waals surface area contributed by atoms with Crippen molar-refractivity contribution in [3.8, 4) is 0 Å². The lowest BCUT2D eigenvalue weighted by molar-refractivity contribution is 0.0790. The number of tetrazole rings is 1. The highest BCUT2D eigenvalue weighted by molar-refractivity contribution is 5.79. The Labute approximate surface area is 202 Å². The lowest BCUT2D eigenvalue weighted by Crippen LogP contribution is -2.52. The van der Waals surface area contributed by atoms with E-state index >= 15 is 0 Å². The Kier molecular flexibility index (Phi) is 5.66. The van der Waals surface area contributed by atoms with Crippen molar-refractivity contribution >= 4 is 10.9 Å². The molecule has 6 rings (SSSR count). The maximum atomic E-state index is 13.4. The Morgan fingerprint density at radius 2 is 1.97 bits per heavy atom. The second kappa shape index (κ2) is 8.98. The minimum Gasteiger partial charge on any atom is -0.322 e. The fourth-order valence-corrected chi connectivity index (χ4v) is 5.58. The summed E-state index contributed by atoms with van der Waals surface area (Å²) in [6.07, 6.45) is 2.37. The molecule has 2 fully saturated rings. The zero-order valence-electron chi connectivity index (χ0n) is 19.7. The molecule has 2 saturated heterocycles. The predicted octanol–water partition coefficient (Wildman–Crippen LogP) is 2.88. The number of H-pyrrole nitrogens is 1. The number of aryl methyl sites for hydroxylation is 1. The van der Waals surface area contributed by atoms with Crippen LogP contribution in [0.25, 0.3) is 10.9 Å². The summed E-state index contributed by atoms with van der Waals surface area (Å²) in [5, 5.41) is 13.7. The summed E-state index contributed by atoms with van der Waals surface area (Å²) in [7, 11) is 0. The van der Waals surface area contributed by atoms with Gasteiger partial charge < -0.3 is 4.98 Å². The van der Waals surface area contributed by atoms with E-state index in [9.17, 15) is 9.18 Å². The monoisotopic (exact) mass is 473 g/mol. The Morgan fingerprint density at radius 1 is 1.11 bits per heavy atom. The van der Waals surface area contributed by atoms with Gasteiger partial charge in [0.15, 0.2) is 5.82 Å². The van der Waals surface area contributed by atoms with Gasteiger partial charge in [-0.3, -0.25) is 14.6 Å². The molecule has 4 aromatic rings. The van der Waals surface area contributed by atoms with Crippen LogP contribution in [0.3, 0.4) is 0 Å². The number of piperazine rings is 1. The van der Waals surface area contributed by atoms with Gasteiger partial charge in [-0.25, -0.2) is 9.07 Å². The fraction of sp³-hybridized carbons (Fsp3) is 0.385. The Morgan fingerprint density at radius 3 is 2.83 bits per heavy atom. The smallest absolute Gasteiger partial charge is 0.253 e. The topological polar surface area (TPSA) is 82.9 Å². The van der Waals surface area contributed by atoms with Crippen LogP contribution < -0.4 is 5.56 Å². The molecule has 2 atom stereocenters. The molecule has 2 aliphatic heterocycles. The SMILES string of the molecule is Cc1ccc2[nH]c(=O)c(C(c3nnnn3Cc3ccc(F)cc3)N3CCN4CCCC4C3)cc2c1. The first-order valence-corrected chi connectivity index (χ1v) is 12.2. The van der Waals surface area contributed by atoms with Crippen LogP contribution in [0.2, 0.25) is 0 Å². The van der Waals surface area contributed by atoms with Gasteiger partial charge in [0.05, 0.1) is 6.54 Å². The lowest BCUT2D eigenvalue weighted by atomic mass is 10.0. The molecule has 0 aliphatic carbocycles. The van der Waals surface area contributed by atoms with Crippen LogP contribution in [0.4, 0.5) is 4.39 Å². The van der Waals surface area contributed by atoms with Crippen molar-refractivity contribution in [2.75, 3.05) is 26.2 Å². The van der Waals surface area contributed by atoms with Crippen LogP contribution in [0.5, 0.6) is 0 Å². The molecule has 4 heterocycles. The van der Waals surface area contributed by atoms with Gasteiger partial charge in [-0.1, -0.05) is 23.8 Å². The van der Waals surface area contributed by atoms with E-state index in [4.69, 9.17) is 0 Å². The third-order valence-electron chi connectivity index (χ3n) is 7.36. The summed E-state index contributed by atoms with van der Waals surface area (Å²) in [5.74, 6) is 0.342. The van der Waals surface area contributed by atoms with Crippen molar-refractivity contribution in [3.63, 3.8) is 0 Å². The molecule has 0 spiro atoms. The Hall–Kier alpha value is -3.43. The molecule has 35 heavy (non-hydrogen) atoms. The van der Waals surface area contributed by atoms with Crippen molar-refractivity contribution < 1.29 is 4.39 Å². The van der Waals surface area contributed by atoms with Crippen LogP contribution >= 0.6 is 0 Å². The normalized spacial score (nSPS) is 19.8. The van der Waals surface area contributed by atoms with E-state index in [0.29, 0.717) is 24.0 Å². The third-order valence-corrected chi connectivity index (χ3v) is 7.36. The quantitative estimate of drug-likeness (QED) is 0.480. The number of nitrogens with one attached hydrogen (secondary N) is 1. The number of nitrogens with zero attached hydrogens (tertiary/aromatic N) is 6. The number of halogens is 1. The van der Waals surface area contributed by atoms with Gasteiger partial charge in [0.1, 0.15) is 11.9 Å². The number of hydrogen-bond donors (Lipinski definition) is 1. The highest BCUT2D eigenvalue weighted by Gasteiger charge is 2.37. The van der Waals surface area contributed by atoms with Gasteiger partial charge in [-0.05, 0) is 78.0 Å². The summed E-state index contributed by atoms with van der Waals surface area (Å²) >= 11 is 0. The highest BCUT2D eigenvalue weighted by Crippen LogP contribution is 2.31. The van der Waals surface area contributed by atoms with E-state index in [1.54, 1.807) is 16.8 Å². The van der Waals surface area contributed by atoms with E-state index < -0.39 is 0 Å². The van der Waals surface area contributed by atoms with Crippen molar-refractivity contribution in [1.82, 2.24) is 35.0 Å². The number of rotatable bonds is 5. The van der Waals surface area contributed by atoms with Gasteiger partial charge >= 0.3 is 0 Å². The van der Waals surface area contributed by atoms with Gasteiger partial charge in [0, 0.05) is 36.8 Å². The zero-order valence-corrected chi connectivity index (χ0v) is 19.7. The molecule has 0 amide bonds. The van der Waals surface area contributed by atoms with E-state index in [0.717, 1.165) is 54.6 Å². The van der Waals surface area contributed by atoms with Crippen molar-refractivity contribution in [1.29, 1.82) is 0 Å². The Balaban J connectivity index is 1.45. The van der Waals surface area contributed by atoms with E-state index in [1.165, 1.54) is 18.6 Å². The molecule has 8 nitrogen and oxygen atoms in total. The van der Waals surface area contributed by atoms with Crippen molar-refractivity contribution in [2.24, 2.45) is 0 Å². The van der Waals surface area contributed by atoms with Gasteiger partial charge in [0.2, 0.25) is 0 Å². The van der Waals surface area contributed by atoms with Crippen molar-refractivity contribution in [3.05, 3.63) is 87.2 Å². The van der Waals surface area contributed by atoms with Crippen LogP contribution in [-0.2, 0) is 6.54 Å². The van der Waals surface area contributed by atoms with E-state index in [-0.39, 0.29) is 17.4 Å². The predicted molar refractivity (Wildman–Crippen MR) is 131 cm³/mol. The molecular weight excluding hydrogens is 445 g/mol. The molecule has 9 heteroatoms. The second-order valence-corrected chi connectivity index (χ2v) is 9.70. The molecular formula is C26H28FN7O. The molecule has 1 N–H and O–H groups in total. The van der Waals surface area contributed by atoms with Gasteiger partial charge in [-0.2, -0.15) is 0 Å². The number of aromatic nitrogens is 5. The number of benzene rings is 2. The summed E-state index contributed by atoms with van der Waals surface area (Å²) in [5.41, 5.74) is 3.35. The first-order chi connectivity index (χ1) is 17.0. The van der Waals surface area contributed by atoms with E-state index in [2.05, 4.69) is 36.4 Å². The molecule has 0 radical (unpaired) electrons. The number of aromatic amines is 1. The summed E-state index contributed by atoms with van der Waals surface area (Å²) in [6, 6.07) is 14.5. The average Bonchev–Trinajstić information content (AvgIpc) is 3.51. The van der Waals surface area contributed by atoms with Crippen molar-refractivity contribution in [2.45, 2.75) is 38.4 Å². The molecule has 2 aromatic heterocycles. The first kappa shape index (κ1) is 22.1. The number of hydrogen-bond acceptors (Lipinski definition) is 6. The zero-order chi connectivity index (χ0) is 23.9. The molecule has 2 aliphatic rings. The summed E-state index contributed by atoms with van der Waals surface area (Å²) in [6.45, 7) is 6.24. The van der Waals surface area contributed by atoms with Crippen LogP contribution in [0.15, 0.2) is 53.3 Å². The van der Waals surface area contributed by atoms with Gasteiger partial charge in [-0.15, -0.1) is 5.10 Å². The van der Waals surface area contributed by atoms with Crippen LogP contribution in [-0.4, -0.2) is 67.2 Å². The Bertz CT molecular complexity index is 1410. The number of pyridine rings is 1. The minimum atomic E-state index is -0.387. The summed E-state index contributed by atoms with van der Waals surface area (Å²) in [4.78, 5) is 21.4. The fourth-order valence-electron chi connectivity index (χ4n) is 5.58. The molecule has 0 saturated carbocycles. The maximum Gasteiger partial charge on any atom is 0.253 e. The second-order valence-electron chi connectivity index (χ2n) is 9.70. The average molecular weight is 474 g/mol. The highest BCUT2D eigenvalue weighted by atomic mass is 19.1. The van der Waals surface area contributed by atoms with Gasteiger partial charge in [0.25, 0.3) is 5.56 Å².